The Balaban J connectivity index is 1.51. The molecule has 7 heteroatoms. The second kappa shape index (κ2) is 11.7. The van der Waals surface area contributed by atoms with Crippen LogP contribution >= 0.6 is 0 Å². The minimum absolute atomic E-state index is 0.00367. The molecule has 3 rings (SSSR count). The molecule has 1 aliphatic rings. The SMILES string of the molecule is CCC(CNC(=O)OCC1c2ccccc2-c2ccccc21)CC(=O)N(CC)CC(C)C(=O)O. The van der Waals surface area contributed by atoms with E-state index in [1.54, 1.807) is 11.8 Å². The Kier molecular flexibility index (Phi) is 8.68. The summed E-state index contributed by atoms with van der Waals surface area (Å²) < 4.78 is 5.58. The largest absolute Gasteiger partial charge is 0.481 e. The van der Waals surface area contributed by atoms with E-state index in [1.165, 1.54) is 11.1 Å². The summed E-state index contributed by atoms with van der Waals surface area (Å²) >= 11 is 0. The Morgan fingerprint density at radius 1 is 1.03 bits per heavy atom. The molecule has 182 valence electrons. The molecule has 2 N–H and O–H groups in total. The Morgan fingerprint density at radius 3 is 2.15 bits per heavy atom. The highest BCUT2D eigenvalue weighted by Gasteiger charge is 2.29. The van der Waals surface area contributed by atoms with Crippen LogP contribution in [0.3, 0.4) is 0 Å². The number of carbonyl (C=O) groups excluding carboxylic acids is 2. The van der Waals surface area contributed by atoms with Gasteiger partial charge in [0, 0.05) is 32.0 Å². The summed E-state index contributed by atoms with van der Waals surface area (Å²) in [5, 5.41) is 11.9. The molecule has 0 aromatic heterocycles. The fourth-order valence-corrected chi connectivity index (χ4v) is 4.43. The van der Waals surface area contributed by atoms with Gasteiger partial charge in [-0.1, -0.05) is 68.8 Å². The lowest BCUT2D eigenvalue weighted by atomic mass is 9.98. The van der Waals surface area contributed by atoms with Crippen LogP contribution in [0, 0.1) is 11.8 Å². The van der Waals surface area contributed by atoms with Crippen molar-refractivity contribution < 1.29 is 24.2 Å². The van der Waals surface area contributed by atoms with Gasteiger partial charge < -0.3 is 20.1 Å². The lowest BCUT2D eigenvalue weighted by molar-refractivity contribution is -0.143. The molecule has 0 saturated heterocycles. The van der Waals surface area contributed by atoms with Crippen molar-refractivity contribution in [2.75, 3.05) is 26.2 Å². The molecule has 2 aromatic carbocycles. The third kappa shape index (κ3) is 5.95. The monoisotopic (exact) mass is 466 g/mol. The highest BCUT2D eigenvalue weighted by atomic mass is 16.5. The lowest BCUT2D eigenvalue weighted by Crippen LogP contribution is -2.39. The first kappa shape index (κ1) is 25.3. The van der Waals surface area contributed by atoms with Crippen LogP contribution in [0.4, 0.5) is 4.79 Å². The summed E-state index contributed by atoms with van der Waals surface area (Å²) in [6.45, 7) is 6.59. The summed E-state index contributed by atoms with van der Waals surface area (Å²) in [6, 6.07) is 16.4. The number of carboxylic acids is 1. The van der Waals surface area contributed by atoms with E-state index in [1.807, 2.05) is 38.1 Å². The Bertz CT molecular complexity index is 976. The molecule has 1 aliphatic carbocycles. The first-order chi connectivity index (χ1) is 16.3. The zero-order valence-electron chi connectivity index (χ0n) is 20.1. The number of alkyl carbamates (subject to hydrolysis) is 1. The molecule has 34 heavy (non-hydrogen) atoms. The van der Waals surface area contributed by atoms with Gasteiger partial charge in [-0.15, -0.1) is 0 Å². The number of carboxylic acid groups (broad SMARTS) is 1. The number of benzene rings is 2. The van der Waals surface area contributed by atoms with E-state index in [4.69, 9.17) is 9.84 Å². The molecule has 2 amide bonds. The van der Waals surface area contributed by atoms with Gasteiger partial charge in [-0.3, -0.25) is 9.59 Å². The number of fused-ring (bicyclic) bond motifs is 3. The minimum atomic E-state index is -0.921. The maximum Gasteiger partial charge on any atom is 0.407 e. The van der Waals surface area contributed by atoms with Crippen LogP contribution in [0.15, 0.2) is 48.5 Å². The first-order valence-electron chi connectivity index (χ1n) is 11.9. The molecule has 2 atom stereocenters. The highest BCUT2D eigenvalue weighted by molar-refractivity contribution is 5.79. The van der Waals surface area contributed by atoms with Gasteiger partial charge in [0.15, 0.2) is 0 Å². The number of nitrogens with zero attached hydrogens (tertiary/aromatic N) is 1. The number of nitrogens with one attached hydrogen (secondary N) is 1. The predicted octanol–water partition coefficient (Wildman–Crippen LogP) is 4.51. The average molecular weight is 467 g/mol. The molecule has 2 aromatic rings. The van der Waals surface area contributed by atoms with Crippen molar-refractivity contribution in [2.45, 2.75) is 39.5 Å². The topological polar surface area (TPSA) is 95.9 Å². The smallest absolute Gasteiger partial charge is 0.407 e. The van der Waals surface area contributed by atoms with Crippen LogP contribution in [0.25, 0.3) is 11.1 Å². The number of carbonyl (C=O) groups is 3. The molecule has 7 nitrogen and oxygen atoms in total. The van der Waals surface area contributed by atoms with Crippen molar-refractivity contribution >= 4 is 18.0 Å². The van der Waals surface area contributed by atoms with Gasteiger partial charge in [-0.25, -0.2) is 4.79 Å². The molecule has 0 heterocycles. The third-order valence-corrected chi connectivity index (χ3v) is 6.57. The average Bonchev–Trinajstić information content (AvgIpc) is 3.17. The van der Waals surface area contributed by atoms with Gasteiger partial charge in [0.25, 0.3) is 0 Å². The van der Waals surface area contributed by atoms with E-state index >= 15 is 0 Å². The van der Waals surface area contributed by atoms with Crippen LogP contribution in [0.1, 0.15) is 50.7 Å². The Morgan fingerprint density at radius 2 is 1.62 bits per heavy atom. The van der Waals surface area contributed by atoms with Gasteiger partial charge >= 0.3 is 12.1 Å². The van der Waals surface area contributed by atoms with E-state index in [0.29, 0.717) is 19.5 Å². The van der Waals surface area contributed by atoms with Crippen LogP contribution in [-0.2, 0) is 14.3 Å². The van der Waals surface area contributed by atoms with Crippen molar-refractivity contribution in [3.05, 3.63) is 59.7 Å². The molecular weight excluding hydrogens is 432 g/mol. The predicted molar refractivity (Wildman–Crippen MR) is 131 cm³/mol. The second-order valence-electron chi connectivity index (χ2n) is 8.86. The minimum Gasteiger partial charge on any atom is -0.481 e. The summed E-state index contributed by atoms with van der Waals surface area (Å²) in [5.41, 5.74) is 4.66. The fraction of sp³-hybridized carbons (Fsp3) is 0.444. The standard InChI is InChI=1S/C27H34N2O5/c1-4-19(14-25(30)29(5-2)16-18(3)26(31)32)15-28-27(33)34-17-24-22-12-8-6-10-20(22)21-11-7-9-13-23(21)24/h6-13,18-19,24H,4-5,14-17H2,1-3H3,(H,28,33)(H,31,32). The summed E-state index contributed by atoms with van der Waals surface area (Å²) in [6.07, 6.45) is 0.460. The van der Waals surface area contributed by atoms with Crippen LogP contribution in [0.2, 0.25) is 0 Å². The third-order valence-electron chi connectivity index (χ3n) is 6.57. The molecule has 0 radical (unpaired) electrons. The van der Waals surface area contributed by atoms with E-state index in [0.717, 1.165) is 11.1 Å². The van der Waals surface area contributed by atoms with E-state index in [-0.39, 0.29) is 37.3 Å². The van der Waals surface area contributed by atoms with Gasteiger partial charge in [-0.2, -0.15) is 0 Å². The van der Waals surface area contributed by atoms with E-state index in [2.05, 4.69) is 29.6 Å². The van der Waals surface area contributed by atoms with Crippen LogP contribution < -0.4 is 5.32 Å². The number of ether oxygens (including phenoxy) is 1. The zero-order valence-corrected chi connectivity index (χ0v) is 20.1. The number of amides is 2. The van der Waals surface area contributed by atoms with Gasteiger partial charge in [0.1, 0.15) is 6.61 Å². The summed E-state index contributed by atoms with van der Waals surface area (Å²) in [7, 11) is 0. The van der Waals surface area contributed by atoms with Crippen molar-refractivity contribution in [1.82, 2.24) is 10.2 Å². The lowest BCUT2D eigenvalue weighted by Gasteiger charge is -2.25. The normalized spacial score (nSPS) is 14.0. The quantitative estimate of drug-likeness (QED) is 0.508. The maximum absolute atomic E-state index is 12.7. The molecule has 0 spiro atoms. The summed E-state index contributed by atoms with van der Waals surface area (Å²) in [5.74, 6) is -1.70. The summed E-state index contributed by atoms with van der Waals surface area (Å²) in [4.78, 5) is 37.8. The number of aliphatic carboxylic acids is 1. The second-order valence-corrected chi connectivity index (χ2v) is 8.86. The molecule has 2 unspecified atom stereocenters. The number of hydrogen-bond acceptors (Lipinski definition) is 4. The molecular formula is C27H34N2O5. The van der Waals surface area contributed by atoms with Crippen molar-refractivity contribution in [3.8, 4) is 11.1 Å². The molecule has 0 bridgehead atoms. The first-order valence-corrected chi connectivity index (χ1v) is 11.9. The van der Waals surface area contributed by atoms with Gasteiger partial charge in [-0.05, 0) is 35.1 Å². The fourth-order valence-electron chi connectivity index (χ4n) is 4.43. The highest BCUT2D eigenvalue weighted by Crippen LogP contribution is 2.44. The maximum atomic E-state index is 12.7. The van der Waals surface area contributed by atoms with Crippen LogP contribution in [-0.4, -0.2) is 54.2 Å². The zero-order chi connectivity index (χ0) is 24.7. The van der Waals surface area contributed by atoms with E-state index < -0.39 is 18.0 Å². The Labute approximate surface area is 201 Å². The Hall–Kier alpha value is -3.35. The van der Waals surface area contributed by atoms with Gasteiger partial charge in [0.05, 0.1) is 5.92 Å². The molecule has 0 fully saturated rings. The van der Waals surface area contributed by atoms with Gasteiger partial charge in [0.2, 0.25) is 5.91 Å². The van der Waals surface area contributed by atoms with Crippen molar-refractivity contribution in [1.29, 1.82) is 0 Å². The molecule has 0 aliphatic heterocycles. The van der Waals surface area contributed by atoms with Crippen molar-refractivity contribution in [2.24, 2.45) is 11.8 Å². The number of hydrogen-bond donors (Lipinski definition) is 2. The van der Waals surface area contributed by atoms with Crippen LogP contribution in [0.5, 0.6) is 0 Å². The van der Waals surface area contributed by atoms with Crippen molar-refractivity contribution in [3.63, 3.8) is 0 Å². The number of rotatable bonds is 11. The molecule has 0 saturated carbocycles. The van der Waals surface area contributed by atoms with E-state index in [9.17, 15) is 14.4 Å².